The van der Waals surface area contributed by atoms with Gasteiger partial charge in [0.2, 0.25) is 0 Å². The minimum atomic E-state index is 0.0419. The maximum atomic E-state index is 7.40. The van der Waals surface area contributed by atoms with Crippen molar-refractivity contribution in [3.8, 4) is 0 Å². The Morgan fingerprint density at radius 3 is 2.50 bits per heavy atom. The molecule has 0 saturated heterocycles. The average Bonchev–Trinajstić information content (AvgIpc) is 2.41. The lowest BCUT2D eigenvalue weighted by Crippen LogP contribution is -2.10. The second-order valence-electron chi connectivity index (χ2n) is 4.75. The Labute approximate surface area is 128 Å². The van der Waals surface area contributed by atoms with E-state index < -0.39 is 0 Å². The van der Waals surface area contributed by atoms with E-state index in [0.717, 1.165) is 11.3 Å². The van der Waals surface area contributed by atoms with Crippen molar-refractivity contribution in [1.82, 2.24) is 0 Å². The van der Waals surface area contributed by atoms with E-state index in [-0.39, 0.29) is 5.84 Å². The van der Waals surface area contributed by atoms with E-state index in [0.29, 0.717) is 10.6 Å². The molecule has 0 aromatic heterocycles. The minimum Gasteiger partial charge on any atom is -0.384 e. The van der Waals surface area contributed by atoms with Gasteiger partial charge in [-0.15, -0.1) is 11.8 Å². The van der Waals surface area contributed by atoms with Crippen LogP contribution < -0.4 is 5.73 Å². The van der Waals surface area contributed by atoms with Gasteiger partial charge in [-0.25, -0.2) is 0 Å². The third-order valence-corrected chi connectivity index (χ3v) is 4.63. The molecule has 4 heteroatoms. The van der Waals surface area contributed by atoms with Crippen LogP contribution >= 0.6 is 23.4 Å². The van der Waals surface area contributed by atoms with Gasteiger partial charge in [-0.3, -0.25) is 5.41 Å². The van der Waals surface area contributed by atoms with Crippen molar-refractivity contribution in [3.63, 3.8) is 0 Å². The number of hydrogen-bond acceptors (Lipinski definition) is 2. The Balaban J connectivity index is 2.10. The molecule has 2 aromatic carbocycles. The van der Waals surface area contributed by atoms with Gasteiger partial charge < -0.3 is 5.73 Å². The number of thioether (sulfide) groups is 1. The summed E-state index contributed by atoms with van der Waals surface area (Å²) in [6.45, 7) is 4.23. The molecule has 2 aromatic rings. The first-order valence-electron chi connectivity index (χ1n) is 6.30. The van der Waals surface area contributed by atoms with Gasteiger partial charge in [-0.2, -0.15) is 0 Å². The molecule has 2 rings (SSSR count). The highest BCUT2D eigenvalue weighted by Gasteiger charge is 2.05. The molecule has 20 heavy (non-hydrogen) atoms. The molecule has 0 atom stereocenters. The first-order chi connectivity index (χ1) is 9.47. The second kappa shape index (κ2) is 6.33. The average molecular weight is 305 g/mol. The molecule has 0 radical (unpaired) electrons. The van der Waals surface area contributed by atoms with Crippen LogP contribution in [0.15, 0.2) is 41.3 Å². The molecule has 0 heterocycles. The molecular formula is C16H17ClN2S. The van der Waals surface area contributed by atoms with E-state index in [9.17, 15) is 0 Å². The van der Waals surface area contributed by atoms with Crippen LogP contribution in [0.2, 0.25) is 5.02 Å². The number of nitrogens with one attached hydrogen (secondary N) is 1. The van der Waals surface area contributed by atoms with E-state index in [4.69, 9.17) is 22.7 Å². The summed E-state index contributed by atoms with van der Waals surface area (Å²) in [5, 5.41) is 8.06. The molecular weight excluding hydrogens is 288 g/mol. The molecule has 104 valence electrons. The fraction of sp³-hybridized carbons (Fsp3) is 0.188. The molecule has 0 aliphatic carbocycles. The highest BCUT2D eigenvalue weighted by molar-refractivity contribution is 7.98. The predicted molar refractivity (Wildman–Crippen MR) is 87.9 cm³/mol. The van der Waals surface area contributed by atoms with Crippen LogP contribution in [-0.2, 0) is 5.75 Å². The maximum absolute atomic E-state index is 7.40. The number of hydrogen-bond donors (Lipinski definition) is 2. The molecule has 0 aliphatic rings. The zero-order valence-electron chi connectivity index (χ0n) is 11.5. The summed E-state index contributed by atoms with van der Waals surface area (Å²) >= 11 is 7.99. The number of nitrogens with two attached hydrogens (primary N) is 1. The molecule has 0 fully saturated rings. The van der Waals surface area contributed by atoms with Gasteiger partial charge in [-0.1, -0.05) is 29.8 Å². The lowest BCUT2D eigenvalue weighted by Gasteiger charge is -2.08. The van der Waals surface area contributed by atoms with Gasteiger partial charge >= 0.3 is 0 Å². The van der Waals surface area contributed by atoms with Crippen molar-refractivity contribution in [1.29, 1.82) is 5.41 Å². The normalized spacial score (nSPS) is 10.6. The summed E-state index contributed by atoms with van der Waals surface area (Å²) < 4.78 is 0. The fourth-order valence-corrected chi connectivity index (χ4v) is 3.12. The van der Waals surface area contributed by atoms with Crippen LogP contribution in [0, 0.1) is 19.3 Å². The van der Waals surface area contributed by atoms with Crippen LogP contribution in [0.25, 0.3) is 0 Å². The lowest BCUT2D eigenvalue weighted by atomic mass is 10.1. The van der Waals surface area contributed by atoms with Gasteiger partial charge in [-0.05, 0) is 48.7 Å². The summed E-state index contributed by atoms with van der Waals surface area (Å²) in [5.41, 5.74) is 9.77. The Hall–Kier alpha value is -1.45. The van der Waals surface area contributed by atoms with Crippen LogP contribution in [0.4, 0.5) is 0 Å². The highest BCUT2D eigenvalue weighted by Crippen LogP contribution is 2.28. The highest BCUT2D eigenvalue weighted by atomic mass is 35.5. The smallest absolute Gasteiger partial charge is 0.122 e. The second-order valence-corrected chi connectivity index (χ2v) is 6.21. The van der Waals surface area contributed by atoms with Crippen molar-refractivity contribution in [2.24, 2.45) is 5.73 Å². The van der Waals surface area contributed by atoms with Crippen molar-refractivity contribution >= 4 is 29.2 Å². The Morgan fingerprint density at radius 2 is 1.90 bits per heavy atom. The number of nitrogen functional groups attached to an aromatic ring is 1. The third-order valence-electron chi connectivity index (χ3n) is 3.24. The first kappa shape index (κ1) is 14.9. The molecule has 0 saturated carbocycles. The van der Waals surface area contributed by atoms with Crippen LogP contribution in [0.5, 0.6) is 0 Å². The van der Waals surface area contributed by atoms with Gasteiger partial charge in [0.05, 0.1) is 0 Å². The van der Waals surface area contributed by atoms with Crippen molar-refractivity contribution < 1.29 is 0 Å². The van der Waals surface area contributed by atoms with Gasteiger partial charge in [0.1, 0.15) is 5.84 Å². The van der Waals surface area contributed by atoms with E-state index >= 15 is 0 Å². The SMILES string of the molecule is Cc1ccc(SCc2ccc(C(=N)N)cc2Cl)cc1C. The Kier molecular flexibility index (Phi) is 4.73. The first-order valence-corrected chi connectivity index (χ1v) is 7.66. The summed E-state index contributed by atoms with van der Waals surface area (Å²) in [7, 11) is 0. The number of rotatable bonds is 4. The third kappa shape index (κ3) is 3.56. The monoisotopic (exact) mass is 304 g/mol. The van der Waals surface area contributed by atoms with Crippen LogP contribution in [0.3, 0.4) is 0 Å². The van der Waals surface area contributed by atoms with Gasteiger partial charge in [0.15, 0.2) is 0 Å². The predicted octanol–water partition coefficient (Wildman–Crippen LogP) is 4.53. The zero-order chi connectivity index (χ0) is 14.7. The summed E-state index contributed by atoms with van der Waals surface area (Å²) in [6, 6.07) is 12.0. The number of aryl methyl sites for hydroxylation is 2. The summed E-state index contributed by atoms with van der Waals surface area (Å²) in [6.07, 6.45) is 0. The van der Waals surface area contributed by atoms with Crippen molar-refractivity contribution in [2.45, 2.75) is 24.5 Å². The van der Waals surface area contributed by atoms with Gasteiger partial charge in [0.25, 0.3) is 0 Å². The molecule has 0 unspecified atom stereocenters. The van der Waals surface area contributed by atoms with Crippen molar-refractivity contribution in [2.75, 3.05) is 0 Å². The van der Waals surface area contributed by atoms with E-state index in [1.165, 1.54) is 16.0 Å². The minimum absolute atomic E-state index is 0.0419. The Bertz CT molecular complexity index is 653. The molecule has 0 spiro atoms. The zero-order valence-corrected chi connectivity index (χ0v) is 13.1. The van der Waals surface area contributed by atoms with Crippen LogP contribution in [0.1, 0.15) is 22.3 Å². The van der Waals surface area contributed by atoms with E-state index in [2.05, 4.69) is 32.0 Å². The topological polar surface area (TPSA) is 49.9 Å². The number of halogens is 1. The van der Waals surface area contributed by atoms with Crippen molar-refractivity contribution in [3.05, 3.63) is 63.7 Å². The quantitative estimate of drug-likeness (QED) is 0.495. The standard InChI is InChI=1S/C16H17ClN2S/c1-10-3-6-14(7-11(10)2)20-9-13-5-4-12(16(18)19)8-15(13)17/h3-8H,9H2,1-2H3,(H3,18,19). The van der Waals surface area contributed by atoms with E-state index in [1.807, 2.05) is 12.1 Å². The Morgan fingerprint density at radius 1 is 1.15 bits per heavy atom. The number of benzene rings is 2. The summed E-state index contributed by atoms with van der Waals surface area (Å²) in [5.74, 6) is 0.847. The maximum Gasteiger partial charge on any atom is 0.122 e. The molecule has 0 aliphatic heterocycles. The summed E-state index contributed by atoms with van der Waals surface area (Å²) in [4.78, 5) is 1.24. The molecule has 0 bridgehead atoms. The van der Waals surface area contributed by atoms with Crippen LogP contribution in [-0.4, -0.2) is 5.84 Å². The van der Waals surface area contributed by atoms with Gasteiger partial charge in [0, 0.05) is 21.2 Å². The fourth-order valence-electron chi connectivity index (χ4n) is 1.80. The largest absolute Gasteiger partial charge is 0.384 e. The van der Waals surface area contributed by atoms with E-state index in [1.54, 1.807) is 17.8 Å². The molecule has 2 nitrogen and oxygen atoms in total. The number of amidine groups is 1. The molecule has 0 amide bonds. The molecule has 3 N–H and O–H groups in total. The lowest BCUT2D eigenvalue weighted by molar-refractivity contribution is 1.27.